The molecule has 0 spiro atoms. The maximum absolute atomic E-state index is 13.0. The quantitative estimate of drug-likeness (QED) is 0.791. The van der Waals surface area contributed by atoms with Gasteiger partial charge >= 0.3 is 0 Å². The van der Waals surface area contributed by atoms with Crippen LogP contribution in [0.2, 0.25) is 0 Å². The molecule has 1 amide bonds. The Kier molecular flexibility index (Phi) is 5.23. The first kappa shape index (κ1) is 19.5. The van der Waals surface area contributed by atoms with Crippen LogP contribution in [0.4, 0.5) is 0 Å². The number of rotatable bonds is 6. The molecule has 2 heterocycles. The van der Waals surface area contributed by atoms with Crippen molar-refractivity contribution in [3.63, 3.8) is 0 Å². The molecule has 1 aromatic carbocycles. The van der Waals surface area contributed by atoms with Crippen LogP contribution >= 0.6 is 0 Å². The zero-order chi connectivity index (χ0) is 20.7. The van der Waals surface area contributed by atoms with E-state index in [2.05, 4.69) is 15.3 Å². The second-order valence-electron chi connectivity index (χ2n) is 9.12. The second-order valence-corrected chi connectivity index (χ2v) is 9.12. The van der Waals surface area contributed by atoms with Crippen molar-refractivity contribution in [2.45, 2.75) is 76.6 Å². The molecule has 1 aromatic heterocycles. The first-order chi connectivity index (χ1) is 14.6. The lowest BCUT2D eigenvalue weighted by atomic mass is 9.89. The van der Waals surface area contributed by atoms with Crippen molar-refractivity contribution >= 4 is 16.7 Å². The topological polar surface area (TPSA) is 76.5 Å². The van der Waals surface area contributed by atoms with Crippen LogP contribution in [0.1, 0.15) is 50.5 Å². The molecule has 7 nitrogen and oxygen atoms in total. The molecular weight excluding hydrogens is 380 g/mol. The summed E-state index contributed by atoms with van der Waals surface area (Å²) in [5.41, 5.74) is 0.802. The van der Waals surface area contributed by atoms with Gasteiger partial charge in [0, 0.05) is 18.6 Å². The SMILES string of the molecule is Cc1ccc2c(=O)n(CC(=O)N[C@H]3CCCN(C4CCC4)C3)nc(OC3CC3)c2c1. The third kappa shape index (κ3) is 4.08. The molecule has 1 saturated heterocycles. The summed E-state index contributed by atoms with van der Waals surface area (Å²) >= 11 is 0. The number of benzene rings is 1. The van der Waals surface area contributed by atoms with Gasteiger partial charge in [-0.25, -0.2) is 4.68 Å². The second kappa shape index (κ2) is 8.02. The number of carbonyl (C=O) groups excluding carboxylic acids is 1. The minimum atomic E-state index is -0.247. The average Bonchev–Trinajstić information content (AvgIpc) is 3.48. The smallest absolute Gasteiger partial charge is 0.275 e. The van der Waals surface area contributed by atoms with Crippen molar-refractivity contribution in [3.8, 4) is 5.88 Å². The Morgan fingerprint density at radius 1 is 1.17 bits per heavy atom. The number of carbonyl (C=O) groups is 1. The normalized spacial score (nSPS) is 22.6. The monoisotopic (exact) mass is 410 g/mol. The Labute approximate surface area is 176 Å². The summed E-state index contributed by atoms with van der Waals surface area (Å²) < 4.78 is 7.23. The van der Waals surface area contributed by atoms with E-state index in [0.717, 1.165) is 49.7 Å². The van der Waals surface area contributed by atoms with Crippen molar-refractivity contribution in [2.24, 2.45) is 0 Å². The van der Waals surface area contributed by atoms with Crippen LogP contribution in [0.5, 0.6) is 5.88 Å². The van der Waals surface area contributed by atoms with Gasteiger partial charge in [0.15, 0.2) is 0 Å². The number of likely N-dealkylation sites (tertiary alicyclic amines) is 1. The van der Waals surface area contributed by atoms with E-state index in [0.29, 0.717) is 17.3 Å². The molecule has 160 valence electrons. The molecule has 3 aliphatic rings. The fraction of sp³-hybridized carbons (Fsp3) is 0.609. The van der Waals surface area contributed by atoms with Gasteiger partial charge in [0.25, 0.3) is 5.56 Å². The number of aromatic nitrogens is 2. The number of amides is 1. The van der Waals surface area contributed by atoms with E-state index >= 15 is 0 Å². The molecule has 2 aliphatic carbocycles. The molecule has 5 rings (SSSR count). The van der Waals surface area contributed by atoms with Crippen molar-refractivity contribution in [1.82, 2.24) is 20.0 Å². The van der Waals surface area contributed by atoms with E-state index < -0.39 is 0 Å². The van der Waals surface area contributed by atoms with Gasteiger partial charge in [-0.05, 0) is 64.1 Å². The number of hydrogen-bond donors (Lipinski definition) is 1. The van der Waals surface area contributed by atoms with Crippen LogP contribution in [-0.4, -0.2) is 51.9 Å². The summed E-state index contributed by atoms with van der Waals surface area (Å²) in [4.78, 5) is 28.2. The minimum absolute atomic E-state index is 0.0798. The number of nitrogens with one attached hydrogen (secondary N) is 1. The molecule has 7 heteroatoms. The zero-order valence-corrected chi connectivity index (χ0v) is 17.6. The van der Waals surface area contributed by atoms with Crippen molar-refractivity contribution in [2.75, 3.05) is 13.1 Å². The van der Waals surface area contributed by atoms with Crippen LogP contribution < -0.4 is 15.6 Å². The summed E-state index contributed by atoms with van der Waals surface area (Å²) in [7, 11) is 0. The van der Waals surface area contributed by atoms with Crippen LogP contribution in [-0.2, 0) is 11.3 Å². The van der Waals surface area contributed by atoms with Crippen LogP contribution in [0.3, 0.4) is 0 Å². The number of ether oxygens (including phenoxy) is 1. The molecule has 1 N–H and O–H groups in total. The fourth-order valence-corrected chi connectivity index (χ4v) is 4.52. The van der Waals surface area contributed by atoms with Crippen LogP contribution in [0.15, 0.2) is 23.0 Å². The van der Waals surface area contributed by atoms with Crippen LogP contribution in [0.25, 0.3) is 10.8 Å². The summed E-state index contributed by atoms with van der Waals surface area (Å²) in [5, 5.41) is 8.84. The van der Waals surface area contributed by atoms with Gasteiger partial charge in [0.1, 0.15) is 12.6 Å². The zero-order valence-electron chi connectivity index (χ0n) is 17.6. The molecule has 1 atom stereocenters. The lowest BCUT2D eigenvalue weighted by molar-refractivity contribution is -0.123. The molecule has 2 saturated carbocycles. The molecule has 1 aliphatic heterocycles. The van der Waals surface area contributed by atoms with Crippen LogP contribution in [0, 0.1) is 6.92 Å². The third-order valence-electron chi connectivity index (χ3n) is 6.59. The number of nitrogens with zero attached hydrogens (tertiary/aromatic N) is 3. The van der Waals surface area contributed by atoms with Gasteiger partial charge < -0.3 is 10.1 Å². The first-order valence-electron chi connectivity index (χ1n) is 11.3. The van der Waals surface area contributed by atoms with Gasteiger partial charge in [-0.2, -0.15) is 0 Å². The standard InChI is InChI=1S/C23H30N4O3/c1-15-7-10-19-20(12-15)22(30-18-8-9-18)25-27(23(19)29)14-21(28)24-16-4-3-11-26(13-16)17-5-2-6-17/h7,10,12,16-18H,2-6,8-9,11,13-14H2,1H3,(H,24,28)/t16-/m0/s1. The summed E-state index contributed by atoms with van der Waals surface area (Å²) in [6, 6.07) is 6.49. The molecule has 0 unspecified atom stereocenters. The Hall–Kier alpha value is -2.41. The molecule has 0 bridgehead atoms. The molecule has 2 aromatic rings. The largest absolute Gasteiger partial charge is 0.473 e. The lowest BCUT2D eigenvalue weighted by Crippen LogP contribution is -2.53. The first-order valence-corrected chi connectivity index (χ1v) is 11.3. The predicted molar refractivity (Wildman–Crippen MR) is 115 cm³/mol. The van der Waals surface area contributed by atoms with E-state index in [9.17, 15) is 9.59 Å². The highest BCUT2D eigenvalue weighted by molar-refractivity contribution is 5.87. The summed E-state index contributed by atoms with van der Waals surface area (Å²) in [5.74, 6) is 0.298. The van der Waals surface area contributed by atoms with E-state index in [4.69, 9.17) is 4.74 Å². The third-order valence-corrected chi connectivity index (χ3v) is 6.59. The fourth-order valence-electron chi connectivity index (χ4n) is 4.52. The van der Waals surface area contributed by atoms with E-state index in [1.54, 1.807) is 6.07 Å². The van der Waals surface area contributed by atoms with E-state index in [1.807, 2.05) is 19.1 Å². The number of fused-ring (bicyclic) bond motifs is 1. The van der Waals surface area contributed by atoms with Gasteiger partial charge in [-0.15, -0.1) is 5.10 Å². The number of piperidine rings is 1. The van der Waals surface area contributed by atoms with Gasteiger partial charge in [-0.3, -0.25) is 14.5 Å². The highest BCUT2D eigenvalue weighted by Gasteiger charge is 2.30. The van der Waals surface area contributed by atoms with Gasteiger partial charge in [-0.1, -0.05) is 18.1 Å². The lowest BCUT2D eigenvalue weighted by Gasteiger charge is -2.42. The number of aryl methyl sites for hydroxylation is 1. The molecule has 3 fully saturated rings. The van der Waals surface area contributed by atoms with Crippen molar-refractivity contribution in [3.05, 3.63) is 34.1 Å². The van der Waals surface area contributed by atoms with Gasteiger partial charge in [0.05, 0.1) is 10.8 Å². The maximum atomic E-state index is 13.0. The maximum Gasteiger partial charge on any atom is 0.275 e. The van der Waals surface area contributed by atoms with E-state index in [-0.39, 0.29) is 30.2 Å². The molecule has 30 heavy (non-hydrogen) atoms. The Balaban J connectivity index is 1.32. The van der Waals surface area contributed by atoms with E-state index in [1.165, 1.54) is 23.9 Å². The molecule has 0 radical (unpaired) electrons. The predicted octanol–water partition coefficient (Wildman–Crippen LogP) is 2.38. The molecular formula is C23H30N4O3. The van der Waals surface area contributed by atoms with Gasteiger partial charge in [0.2, 0.25) is 11.8 Å². The summed E-state index contributed by atoms with van der Waals surface area (Å²) in [6.45, 7) is 3.94. The van der Waals surface area contributed by atoms with Crippen molar-refractivity contribution < 1.29 is 9.53 Å². The summed E-state index contributed by atoms with van der Waals surface area (Å²) in [6.07, 6.45) is 8.15. The average molecular weight is 411 g/mol. The highest BCUT2D eigenvalue weighted by atomic mass is 16.5. The minimum Gasteiger partial charge on any atom is -0.473 e. The Bertz CT molecular complexity index is 1010. The number of hydrogen-bond acceptors (Lipinski definition) is 5. The Morgan fingerprint density at radius 3 is 2.73 bits per heavy atom. The highest BCUT2D eigenvalue weighted by Crippen LogP contribution is 2.30. The Morgan fingerprint density at radius 2 is 2.00 bits per heavy atom. The van der Waals surface area contributed by atoms with Crippen molar-refractivity contribution in [1.29, 1.82) is 0 Å².